The number of nitrogens with zero attached hydrogens (tertiary/aromatic N) is 8. The van der Waals surface area contributed by atoms with Crippen molar-refractivity contribution in [3.05, 3.63) is 250 Å². The molecule has 95 heavy (non-hydrogen) atoms. The number of aliphatic imine (C=N–C) groups is 4. The van der Waals surface area contributed by atoms with Gasteiger partial charge in [0, 0.05) is 80.3 Å². The zero-order chi connectivity index (χ0) is 65.0. The Morgan fingerprint density at radius 2 is 0.621 bits per heavy atom. The summed E-state index contributed by atoms with van der Waals surface area (Å²) in [5.41, 5.74) is 4.12. The van der Waals surface area contributed by atoms with Gasteiger partial charge in [-0.1, -0.05) is 170 Å². The minimum absolute atomic E-state index is 0.0123. The first-order chi connectivity index (χ1) is 46.4. The molecule has 0 atom stereocenters. The lowest BCUT2D eigenvalue weighted by molar-refractivity contribution is 0.0651. The quantitative estimate of drug-likeness (QED) is 0.0519. The van der Waals surface area contributed by atoms with Crippen LogP contribution in [0.1, 0.15) is 63.7 Å². The van der Waals surface area contributed by atoms with Crippen molar-refractivity contribution in [1.82, 2.24) is 8.47 Å². The van der Waals surface area contributed by atoms with E-state index in [1.807, 2.05) is 178 Å². The van der Waals surface area contributed by atoms with Crippen molar-refractivity contribution < 1.29 is 57.9 Å². The van der Waals surface area contributed by atoms with E-state index in [1.165, 1.54) is 24.3 Å². The number of methoxy groups -OCH3 is 2. The Morgan fingerprint density at radius 3 is 0.905 bits per heavy atom. The molecule has 12 aromatic rings. The molecule has 10 aromatic carbocycles. The van der Waals surface area contributed by atoms with Gasteiger partial charge in [-0.15, -0.1) is 0 Å². The van der Waals surface area contributed by atoms with Crippen LogP contribution in [0, 0.1) is 0 Å². The van der Waals surface area contributed by atoms with Gasteiger partial charge in [-0.2, -0.15) is 0 Å². The Balaban J connectivity index is 1.29. The maximum Gasteiger partial charge on any atom is 0.603 e. The summed E-state index contributed by atoms with van der Waals surface area (Å²) in [4.78, 5) is 87.5. The van der Waals surface area contributed by atoms with Crippen LogP contribution >= 0.6 is 0 Å². The second kappa shape index (κ2) is 22.7. The highest BCUT2D eigenvalue weighted by molar-refractivity contribution is 6.66. The molecule has 4 aliphatic heterocycles. The lowest BCUT2D eigenvalue weighted by atomic mass is 9.87. The van der Waals surface area contributed by atoms with E-state index in [4.69, 9.17) is 48.3 Å². The van der Waals surface area contributed by atoms with E-state index in [0.29, 0.717) is 43.8 Å². The lowest BCUT2D eigenvalue weighted by Crippen LogP contribution is -2.64. The molecular formula is C74H50N8O12Si. The van der Waals surface area contributed by atoms with Crippen molar-refractivity contribution in [2.75, 3.05) is 40.6 Å². The minimum Gasteiger partial charge on any atom is -0.478 e. The summed E-state index contributed by atoms with van der Waals surface area (Å²) in [6, 6.07) is 59.8. The van der Waals surface area contributed by atoms with E-state index < -0.39 is 55.0 Å². The van der Waals surface area contributed by atoms with Gasteiger partial charge in [-0.3, -0.25) is 8.47 Å². The molecule has 0 fully saturated rings. The van der Waals surface area contributed by atoms with Gasteiger partial charge in [-0.25, -0.2) is 49.1 Å². The molecule has 16 rings (SSSR count). The largest absolute Gasteiger partial charge is 0.603 e. The summed E-state index contributed by atoms with van der Waals surface area (Å²) in [5.74, 6) is -6.12. The number of benzene rings is 10. The molecule has 0 radical (unpaired) electrons. The molecule has 0 spiro atoms. The maximum absolute atomic E-state index is 13.5. The molecule has 6 bridgehead atoms. The number of aromatic carboxylic acids is 4. The summed E-state index contributed by atoms with van der Waals surface area (Å²) in [6.45, 7) is -0.390. The van der Waals surface area contributed by atoms with Crippen LogP contribution in [0.25, 0.3) is 87.6 Å². The van der Waals surface area contributed by atoms with Crippen molar-refractivity contribution in [3.63, 3.8) is 0 Å². The Kier molecular flexibility index (Phi) is 13.9. The Hall–Kier alpha value is -12.0. The maximum atomic E-state index is 13.5. The summed E-state index contributed by atoms with van der Waals surface area (Å²) in [7, 11) is -2.18. The van der Waals surface area contributed by atoms with E-state index in [1.54, 1.807) is 14.2 Å². The molecule has 21 heteroatoms. The summed E-state index contributed by atoms with van der Waals surface area (Å²) in [6.07, 6.45) is 0. The summed E-state index contributed by atoms with van der Waals surface area (Å²) >= 11 is 0. The Bertz CT molecular complexity index is 5310. The standard InChI is InChI=1S/C74H50N8O12Si/c1-91-31-33-93-95(94-34-32-92-2)81-67-59-55(39-19-7-3-8-20-39)43-27-15-16-28-44(43)56(40-21-9-4-10-22-40)60(59)68(81)78-64-49-37-53(73(87)88)54(74(89)90)38-50(49)66(76-64)80-70-62-58(42-25-13-6-14-26-42)46-30-18-17-29-45(46)57(41-23-11-5-12-24-41)61(62)69(82(70)95)79-65-48-36-52(72(85)86)51(71(83)84)35-47(48)63(75-65)77-67/h3-30,35-38H,31-34H2,1-2H3,(H,83,84)(H,85,86)(H,87,88)(H,89,90). The SMILES string of the molecule is COCCO[Si]1(OCCOC)n2c3c4c(-c5ccccc5)c5ccccc5c(-c5ccccc5)c4c2N=C2N=C(N=c4c5c(-c6ccccc6)c6ccccc6c(-c6ccccc6)c5c(n41)=NC1=NC(=N3)c3cc(C(=O)O)c(C(=O)O)cc31)c1cc(C(=O)O)c(C(=O)O)cc12. The first kappa shape index (κ1) is 58.1. The second-order valence-electron chi connectivity index (χ2n) is 22.8. The number of fused-ring (bicyclic) bond motifs is 16. The van der Waals surface area contributed by atoms with Crippen molar-refractivity contribution in [2.45, 2.75) is 0 Å². The molecule has 2 aromatic heterocycles. The molecule has 0 aliphatic carbocycles. The van der Waals surface area contributed by atoms with Crippen molar-refractivity contribution in [2.24, 2.45) is 30.0 Å². The normalized spacial score (nSPS) is 13.9. The molecular weight excluding hydrogens is 1220 g/mol. The van der Waals surface area contributed by atoms with Crippen molar-refractivity contribution in [1.29, 1.82) is 0 Å². The minimum atomic E-state index is -5.26. The van der Waals surface area contributed by atoms with E-state index in [2.05, 4.69) is 0 Å². The van der Waals surface area contributed by atoms with E-state index in [-0.39, 0.29) is 94.6 Å². The zero-order valence-electron chi connectivity index (χ0n) is 50.4. The van der Waals surface area contributed by atoms with E-state index in [9.17, 15) is 39.6 Å². The molecule has 0 saturated heterocycles. The van der Waals surface area contributed by atoms with Crippen LogP contribution < -0.4 is 11.0 Å². The third-order valence-corrected chi connectivity index (χ3v) is 20.8. The number of hydrogen-bond donors (Lipinski definition) is 4. The van der Waals surface area contributed by atoms with Gasteiger partial charge in [-0.05, 0) is 68.1 Å². The van der Waals surface area contributed by atoms with Crippen LogP contribution in [0.2, 0.25) is 0 Å². The van der Waals surface area contributed by atoms with Gasteiger partial charge in [0.1, 0.15) is 22.6 Å². The predicted molar refractivity (Wildman–Crippen MR) is 361 cm³/mol. The monoisotopic (exact) mass is 1270 g/mol. The van der Waals surface area contributed by atoms with Crippen LogP contribution in [-0.4, -0.2) is 126 Å². The number of rotatable bonds is 16. The van der Waals surface area contributed by atoms with Crippen LogP contribution in [-0.2, 0) is 18.3 Å². The van der Waals surface area contributed by atoms with Gasteiger partial charge < -0.3 is 38.8 Å². The number of hydrogen-bond acceptors (Lipinski definition) is 14. The number of carboxylic acid groups (broad SMARTS) is 4. The number of amidine groups is 4. The second-order valence-corrected chi connectivity index (χ2v) is 25.4. The third-order valence-electron chi connectivity index (χ3n) is 17.6. The number of ether oxygens (including phenoxy) is 2. The fourth-order valence-corrected chi connectivity index (χ4v) is 17.0. The van der Waals surface area contributed by atoms with Gasteiger partial charge in [0.25, 0.3) is 0 Å². The Morgan fingerprint density at radius 1 is 0.347 bits per heavy atom. The molecule has 4 aliphatic rings. The average molecular weight is 1270 g/mol. The fraction of sp³-hybridized carbons (Fsp3) is 0.0811. The highest BCUT2D eigenvalue weighted by atomic mass is 28.4. The molecule has 0 saturated carbocycles. The van der Waals surface area contributed by atoms with Crippen LogP contribution in [0.15, 0.2) is 224 Å². The first-order valence-electron chi connectivity index (χ1n) is 30.2. The zero-order valence-corrected chi connectivity index (χ0v) is 51.4. The van der Waals surface area contributed by atoms with Crippen LogP contribution in [0.4, 0.5) is 11.6 Å². The number of carbonyl (C=O) groups is 4. The molecule has 0 amide bonds. The highest BCUT2D eigenvalue weighted by Crippen LogP contribution is 2.55. The summed E-state index contributed by atoms with van der Waals surface area (Å²) in [5, 5.41) is 48.7. The molecule has 0 unspecified atom stereocenters. The highest BCUT2D eigenvalue weighted by Gasteiger charge is 2.54. The first-order valence-corrected chi connectivity index (χ1v) is 31.9. The van der Waals surface area contributed by atoms with Crippen molar-refractivity contribution in [3.8, 4) is 44.5 Å². The van der Waals surface area contributed by atoms with Gasteiger partial charge in [0.2, 0.25) is 0 Å². The fourth-order valence-electron chi connectivity index (χ4n) is 13.7. The molecule has 6 heterocycles. The molecule has 4 N–H and O–H groups in total. The van der Waals surface area contributed by atoms with Gasteiger partial charge in [0.05, 0.1) is 48.7 Å². The topological polar surface area (TPSA) is 270 Å². The smallest absolute Gasteiger partial charge is 0.478 e. The predicted octanol–water partition coefficient (Wildman–Crippen LogP) is 12.5. The number of aromatic nitrogens is 2. The lowest BCUT2D eigenvalue weighted by Gasteiger charge is -2.33. The Labute approximate surface area is 539 Å². The number of carboxylic acids is 4. The van der Waals surface area contributed by atoms with Crippen molar-refractivity contribution >= 4 is 111 Å². The molecule has 462 valence electrons. The molecule has 20 nitrogen and oxygen atoms in total. The van der Waals surface area contributed by atoms with E-state index in [0.717, 1.165) is 43.8 Å². The average Bonchev–Trinajstić information content (AvgIpc) is 1.52. The van der Waals surface area contributed by atoms with Crippen LogP contribution in [0.5, 0.6) is 0 Å². The van der Waals surface area contributed by atoms with Gasteiger partial charge >= 0.3 is 32.8 Å². The summed E-state index contributed by atoms with van der Waals surface area (Å²) < 4.78 is 31.3. The van der Waals surface area contributed by atoms with Gasteiger partial charge in [0.15, 0.2) is 23.3 Å². The van der Waals surface area contributed by atoms with E-state index >= 15 is 0 Å². The van der Waals surface area contributed by atoms with Crippen LogP contribution in [0.3, 0.4) is 0 Å². The third kappa shape index (κ3) is 8.97.